The lowest BCUT2D eigenvalue weighted by Gasteiger charge is -2.03. The van der Waals surface area contributed by atoms with Crippen molar-refractivity contribution in [3.05, 3.63) is 58.1 Å². The number of fused-ring (bicyclic) bond motifs is 1. The zero-order chi connectivity index (χ0) is 13.9. The lowest BCUT2D eigenvalue weighted by atomic mass is 10.2. The van der Waals surface area contributed by atoms with Crippen molar-refractivity contribution in [3.63, 3.8) is 0 Å². The molecule has 2 aromatic rings. The zero-order valence-electron chi connectivity index (χ0n) is 10.4. The summed E-state index contributed by atoms with van der Waals surface area (Å²) in [6.07, 6.45) is 0. The molecule has 3 rings (SSSR count). The van der Waals surface area contributed by atoms with Crippen molar-refractivity contribution in [2.75, 3.05) is 6.79 Å². The van der Waals surface area contributed by atoms with E-state index in [1.165, 1.54) is 12.1 Å². The summed E-state index contributed by atoms with van der Waals surface area (Å²) < 4.78 is 10.6. The van der Waals surface area contributed by atoms with Crippen molar-refractivity contribution >= 4 is 17.4 Å². The van der Waals surface area contributed by atoms with E-state index in [9.17, 15) is 10.1 Å². The fraction of sp³-hybridized carbons (Fsp3) is 0.143. The molecule has 102 valence electrons. The van der Waals surface area contributed by atoms with Gasteiger partial charge in [-0.05, 0) is 29.8 Å². The molecule has 1 aliphatic rings. The molecule has 0 unspecified atom stereocenters. The lowest BCUT2D eigenvalue weighted by molar-refractivity contribution is -0.384. The van der Waals surface area contributed by atoms with Crippen LogP contribution in [0.1, 0.15) is 5.56 Å². The summed E-state index contributed by atoms with van der Waals surface area (Å²) in [5, 5.41) is 10.6. The van der Waals surface area contributed by atoms with Gasteiger partial charge in [0.2, 0.25) is 6.79 Å². The van der Waals surface area contributed by atoms with Crippen LogP contribution in [0.5, 0.6) is 11.5 Å². The second-order valence-corrected chi connectivity index (χ2v) is 5.28. The first-order valence-electron chi connectivity index (χ1n) is 5.98. The number of hydrogen-bond donors (Lipinski definition) is 0. The summed E-state index contributed by atoms with van der Waals surface area (Å²) >= 11 is 1.62. The Hall–Kier alpha value is -2.21. The molecule has 1 heterocycles. The first-order valence-corrected chi connectivity index (χ1v) is 6.97. The van der Waals surface area contributed by atoms with Crippen molar-refractivity contribution in [3.8, 4) is 11.5 Å². The van der Waals surface area contributed by atoms with Gasteiger partial charge in [0, 0.05) is 22.8 Å². The molecule has 6 heteroatoms. The maximum absolute atomic E-state index is 10.6. The van der Waals surface area contributed by atoms with Gasteiger partial charge in [-0.2, -0.15) is 0 Å². The van der Waals surface area contributed by atoms with E-state index in [0.717, 1.165) is 27.7 Å². The van der Waals surface area contributed by atoms with Crippen LogP contribution in [0.3, 0.4) is 0 Å². The average molecular weight is 289 g/mol. The molecular weight excluding hydrogens is 278 g/mol. The quantitative estimate of drug-likeness (QED) is 0.489. The van der Waals surface area contributed by atoms with Gasteiger partial charge in [-0.1, -0.05) is 6.07 Å². The molecule has 0 aliphatic carbocycles. The van der Waals surface area contributed by atoms with Crippen molar-refractivity contribution in [1.82, 2.24) is 0 Å². The molecule has 0 N–H and O–H groups in total. The number of non-ortho nitro benzene ring substituents is 1. The van der Waals surface area contributed by atoms with Crippen molar-refractivity contribution in [2.45, 2.75) is 10.6 Å². The molecule has 2 aromatic carbocycles. The molecule has 0 saturated carbocycles. The highest BCUT2D eigenvalue weighted by molar-refractivity contribution is 7.98. The molecule has 0 amide bonds. The second-order valence-electron chi connectivity index (χ2n) is 4.23. The molecule has 0 spiro atoms. The lowest BCUT2D eigenvalue weighted by Crippen LogP contribution is -1.92. The SMILES string of the molecule is O=[N+]([O-])c1ccc(SCc2ccc3c(c2)OCO3)cc1. The summed E-state index contributed by atoms with van der Waals surface area (Å²) in [6, 6.07) is 12.4. The highest BCUT2D eigenvalue weighted by atomic mass is 32.2. The second kappa shape index (κ2) is 5.42. The van der Waals surface area contributed by atoms with Gasteiger partial charge >= 0.3 is 0 Å². The van der Waals surface area contributed by atoms with Crippen LogP contribution >= 0.6 is 11.8 Å². The highest BCUT2D eigenvalue weighted by Crippen LogP contribution is 2.34. The van der Waals surface area contributed by atoms with E-state index in [0.29, 0.717) is 0 Å². The van der Waals surface area contributed by atoms with Crippen LogP contribution in [-0.4, -0.2) is 11.7 Å². The maximum Gasteiger partial charge on any atom is 0.269 e. The van der Waals surface area contributed by atoms with Gasteiger partial charge in [0.25, 0.3) is 5.69 Å². The number of hydrogen-bond acceptors (Lipinski definition) is 5. The van der Waals surface area contributed by atoms with E-state index in [4.69, 9.17) is 9.47 Å². The van der Waals surface area contributed by atoms with E-state index in [2.05, 4.69) is 0 Å². The fourth-order valence-electron chi connectivity index (χ4n) is 1.86. The van der Waals surface area contributed by atoms with E-state index in [1.807, 2.05) is 18.2 Å². The average Bonchev–Trinajstić information content (AvgIpc) is 2.93. The number of rotatable bonds is 4. The van der Waals surface area contributed by atoms with Crippen molar-refractivity contribution in [1.29, 1.82) is 0 Å². The number of nitro groups is 1. The molecule has 0 saturated heterocycles. The van der Waals surface area contributed by atoms with Crippen LogP contribution in [0.15, 0.2) is 47.4 Å². The molecule has 0 atom stereocenters. The van der Waals surface area contributed by atoms with Gasteiger partial charge in [0.1, 0.15) is 0 Å². The zero-order valence-corrected chi connectivity index (χ0v) is 11.3. The summed E-state index contributed by atoms with van der Waals surface area (Å²) in [4.78, 5) is 11.2. The largest absolute Gasteiger partial charge is 0.454 e. The van der Waals surface area contributed by atoms with E-state index in [1.54, 1.807) is 23.9 Å². The summed E-state index contributed by atoms with van der Waals surface area (Å²) in [6.45, 7) is 0.272. The molecule has 0 aromatic heterocycles. The standard InChI is InChI=1S/C14H11NO4S/c16-15(17)11-2-4-12(5-3-11)20-8-10-1-6-13-14(7-10)19-9-18-13/h1-7H,8-9H2. The monoisotopic (exact) mass is 289 g/mol. The Kier molecular flexibility index (Phi) is 3.47. The smallest absolute Gasteiger partial charge is 0.269 e. The molecule has 0 bridgehead atoms. The minimum absolute atomic E-state index is 0.109. The van der Waals surface area contributed by atoms with Gasteiger partial charge in [-0.25, -0.2) is 0 Å². The topological polar surface area (TPSA) is 61.6 Å². The first-order chi connectivity index (χ1) is 9.72. The number of benzene rings is 2. The summed E-state index contributed by atoms with van der Waals surface area (Å²) in [5.74, 6) is 2.31. The molecular formula is C14H11NO4S. The van der Waals surface area contributed by atoms with Gasteiger partial charge < -0.3 is 9.47 Å². The maximum atomic E-state index is 10.6. The van der Waals surface area contributed by atoms with E-state index >= 15 is 0 Å². The number of nitrogens with zero attached hydrogens (tertiary/aromatic N) is 1. The number of thioether (sulfide) groups is 1. The van der Waals surface area contributed by atoms with Gasteiger partial charge in [-0.3, -0.25) is 10.1 Å². The van der Waals surface area contributed by atoms with Crippen molar-refractivity contribution < 1.29 is 14.4 Å². The van der Waals surface area contributed by atoms with Gasteiger partial charge in [0.05, 0.1) is 4.92 Å². The van der Waals surface area contributed by atoms with Crippen LogP contribution in [0, 0.1) is 10.1 Å². The minimum atomic E-state index is -0.397. The molecule has 20 heavy (non-hydrogen) atoms. The fourth-order valence-corrected chi connectivity index (χ4v) is 2.70. The molecule has 0 radical (unpaired) electrons. The van der Waals surface area contributed by atoms with Crippen LogP contribution in [0.4, 0.5) is 5.69 Å². The molecule has 5 nitrogen and oxygen atoms in total. The first kappa shape index (κ1) is 12.8. The summed E-state index contributed by atoms with van der Waals surface area (Å²) in [5.41, 5.74) is 1.23. The Morgan fingerprint density at radius 3 is 2.60 bits per heavy atom. The number of ether oxygens (including phenoxy) is 2. The van der Waals surface area contributed by atoms with Crippen molar-refractivity contribution in [2.24, 2.45) is 0 Å². The van der Waals surface area contributed by atoms with E-state index in [-0.39, 0.29) is 12.5 Å². The Labute approximate surface area is 119 Å². The van der Waals surface area contributed by atoms with Gasteiger partial charge in [-0.15, -0.1) is 11.8 Å². The molecule has 0 fully saturated rings. The summed E-state index contributed by atoms with van der Waals surface area (Å²) in [7, 11) is 0. The Morgan fingerprint density at radius 2 is 1.85 bits per heavy atom. The molecule has 1 aliphatic heterocycles. The Bertz CT molecular complexity index is 642. The predicted molar refractivity (Wildman–Crippen MR) is 75.2 cm³/mol. The van der Waals surface area contributed by atoms with Gasteiger partial charge in [0.15, 0.2) is 11.5 Å². The normalized spacial score (nSPS) is 12.4. The Morgan fingerprint density at radius 1 is 1.10 bits per heavy atom. The third kappa shape index (κ3) is 2.70. The Balaban J connectivity index is 1.65. The highest BCUT2D eigenvalue weighted by Gasteiger charge is 2.13. The van der Waals surface area contributed by atoms with E-state index < -0.39 is 4.92 Å². The minimum Gasteiger partial charge on any atom is -0.454 e. The van der Waals surface area contributed by atoms with Crippen LogP contribution < -0.4 is 9.47 Å². The predicted octanol–water partition coefficient (Wildman–Crippen LogP) is 3.62. The third-order valence-electron chi connectivity index (χ3n) is 2.89. The number of nitro benzene ring substituents is 1. The van der Waals surface area contributed by atoms with Crippen LogP contribution in [0.2, 0.25) is 0 Å². The van der Waals surface area contributed by atoms with Crippen LogP contribution in [0.25, 0.3) is 0 Å². The third-order valence-corrected chi connectivity index (χ3v) is 3.97. The van der Waals surface area contributed by atoms with Crippen LogP contribution in [-0.2, 0) is 5.75 Å².